The van der Waals surface area contributed by atoms with Gasteiger partial charge in [0.05, 0.1) is 17.4 Å². The Balaban J connectivity index is 1.35. The molecule has 3 heterocycles. The summed E-state index contributed by atoms with van der Waals surface area (Å²) in [6.45, 7) is 7.11. The number of nitrogens with zero attached hydrogens (tertiary/aromatic N) is 4. The van der Waals surface area contributed by atoms with Gasteiger partial charge in [-0.1, -0.05) is 123 Å². The quantitative estimate of drug-likeness (QED) is 0.136. The van der Waals surface area contributed by atoms with Crippen molar-refractivity contribution in [1.82, 2.24) is 19.1 Å². The molecule has 0 atom stereocenters. The molecule has 55 heavy (non-hydrogen) atoms. The average molecular weight is 704 g/mol. The number of aryl methyl sites for hydroxylation is 1. The number of hydrogen-bond donors (Lipinski definition) is 0. The smallest absolute Gasteiger partial charge is 0.309 e. The molecular formula is C51H35N4+. The van der Waals surface area contributed by atoms with E-state index in [0.29, 0.717) is 0 Å². The zero-order valence-electron chi connectivity index (χ0n) is 30.8. The predicted octanol–water partition coefficient (Wildman–Crippen LogP) is 11.9. The largest absolute Gasteiger partial charge is 0.355 e. The molecule has 0 N–H and O–H groups in total. The van der Waals surface area contributed by atoms with Crippen LogP contribution < -0.4 is 9.93 Å². The fraction of sp³-hybridized carbons (Fsp3) is 0.0784. The highest BCUT2D eigenvalue weighted by atomic mass is 15.1. The minimum Gasteiger partial charge on any atom is -0.309 e. The SMILES string of the molecule is Cc1c2c3n(-c4ccccc4)c4cccc(c5cccc6c5c5c(ccc(c15)=[N+](c1nc5ccc7ccccc7c5nc1-c1ccccc1)C=C3)C6(C)C)c24. The summed E-state index contributed by atoms with van der Waals surface area (Å²) in [6.07, 6.45) is 4.54. The van der Waals surface area contributed by atoms with E-state index in [-0.39, 0.29) is 5.41 Å². The molecule has 0 saturated carbocycles. The summed E-state index contributed by atoms with van der Waals surface area (Å²) in [4.78, 5) is 11.1. The number of para-hydroxylation sites is 1. The van der Waals surface area contributed by atoms with E-state index in [2.05, 4.69) is 188 Å². The van der Waals surface area contributed by atoms with Crippen LogP contribution in [0, 0.1) is 6.92 Å². The molecule has 0 saturated heterocycles. The number of aromatic nitrogens is 3. The highest BCUT2D eigenvalue weighted by Crippen LogP contribution is 2.51. The second-order valence-electron chi connectivity index (χ2n) is 15.6. The number of hydrogen-bond acceptors (Lipinski definition) is 2. The highest BCUT2D eigenvalue weighted by molar-refractivity contribution is 6.28. The Labute approximate surface area is 317 Å². The van der Waals surface area contributed by atoms with Crippen LogP contribution in [0.1, 0.15) is 36.2 Å². The van der Waals surface area contributed by atoms with E-state index < -0.39 is 0 Å². The van der Waals surface area contributed by atoms with E-state index in [4.69, 9.17) is 9.97 Å². The highest BCUT2D eigenvalue weighted by Gasteiger charge is 2.36. The maximum absolute atomic E-state index is 5.57. The monoisotopic (exact) mass is 703 g/mol. The molecule has 8 aromatic carbocycles. The van der Waals surface area contributed by atoms with Gasteiger partial charge in [-0.25, -0.2) is 4.98 Å². The summed E-state index contributed by atoms with van der Waals surface area (Å²) in [5, 5.41) is 12.4. The molecule has 4 nitrogen and oxygen atoms in total. The van der Waals surface area contributed by atoms with Crippen LogP contribution >= 0.6 is 0 Å². The van der Waals surface area contributed by atoms with Gasteiger partial charge in [0.2, 0.25) is 5.52 Å². The molecule has 0 amide bonds. The van der Waals surface area contributed by atoms with Crippen molar-refractivity contribution in [2.45, 2.75) is 26.2 Å². The summed E-state index contributed by atoms with van der Waals surface area (Å²) in [5.41, 5.74) is 10.9. The number of rotatable bonds is 3. The summed E-state index contributed by atoms with van der Waals surface area (Å²) in [6, 6.07) is 52.6. The van der Waals surface area contributed by atoms with Crippen LogP contribution in [-0.4, -0.2) is 14.5 Å². The minimum atomic E-state index is -0.174. The summed E-state index contributed by atoms with van der Waals surface area (Å²) in [7, 11) is 0. The molecule has 1 aliphatic carbocycles. The average Bonchev–Trinajstić information content (AvgIpc) is 3.68. The molecule has 10 aromatic rings. The van der Waals surface area contributed by atoms with Gasteiger partial charge < -0.3 is 4.57 Å². The maximum atomic E-state index is 5.57. The lowest BCUT2D eigenvalue weighted by Crippen LogP contribution is -2.25. The van der Waals surface area contributed by atoms with Crippen LogP contribution in [0.15, 0.2) is 152 Å². The molecule has 0 radical (unpaired) electrons. The van der Waals surface area contributed by atoms with Crippen LogP contribution in [0.4, 0.5) is 5.82 Å². The van der Waals surface area contributed by atoms with Gasteiger partial charge in [-0.15, -0.1) is 0 Å². The fourth-order valence-corrected chi connectivity index (χ4v) is 9.91. The Hall–Kier alpha value is -6.91. The van der Waals surface area contributed by atoms with E-state index in [0.717, 1.165) is 55.6 Å². The molecule has 0 fully saturated rings. The third kappa shape index (κ3) is 3.98. The third-order valence-electron chi connectivity index (χ3n) is 12.4. The van der Waals surface area contributed by atoms with E-state index in [9.17, 15) is 0 Å². The lowest BCUT2D eigenvalue weighted by atomic mass is 9.81. The Morgan fingerprint density at radius 2 is 1.27 bits per heavy atom. The molecule has 0 spiro atoms. The van der Waals surface area contributed by atoms with Crippen molar-refractivity contribution in [2.75, 3.05) is 0 Å². The van der Waals surface area contributed by atoms with Gasteiger partial charge in [0, 0.05) is 44.3 Å². The minimum absolute atomic E-state index is 0.174. The second-order valence-corrected chi connectivity index (χ2v) is 15.6. The van der Waals surface area contributed by atoms with Crippen molar-refractivity contribution in [1.29, 1.82) is 0 Å². The van der Waals surface area contributed by atoms with Crippen molar-refractivity contribution >= 4 is 76.9 Å². The Kier molecular flexibility index (Phi) is 6.02. The first-order valence-electron chi connectivity index (χ1n) is 19.1. The zero-order chi connectivity index (χ0) is 36.6. The van der Waals surface area contributed by atoms with Gasteiger partial charge in [-0.05, 0) is 91.9 Å². The summed E-state index contributed by atoms with van der Waals surface area (Å²) >= 11 is 0. The van der Waals surface area contributed by atoms with Crippen LogP contribution in [-0.2, 0) is 5.41 Å². The normalized spacial score (nSPS) is 14.1. The number of benzene rings is 7. The summed E-state index contributed by atoms with van der Waals surface area (Å²) in [5.74, 6) is 0.800. The fourth-order valence-electron chi connectivity index (χ4n) is 9.91. The van der Waals surface area contributed by atoms with Crippen molar-refractivity contribution in [3.8, 4) is 16.9 Å². The van der Waals surface area contributed by atoms with Crippen molar-refractivity contribution in [3.63, 3.8) is 0 Å². The molecular weight excluding hydrogens is 669 g/mol. The number of fused-ring (bicyclic) bond motifs is 4. The van der Waals surface area contributed by atoms with Gasteiger partial charge in [0.25, 0.3) is 0 Å². The summed E-state index contributed by atoms with van der Waals surface area (Å²) < 4.78 is 4.76. The van der Waals surface area contributed by atoms with Crippen LogP contribution in [0.25, 0.3) is 88.0 Å². The van der Waals surface area contributed by atoms with Crippen LogP contribution in [0.3, 0.4) is 0 Å². The molecule has 4 heteroatoms. The van der Waals surface area contributed by atoms with E-state index >= 15 is 0 Å². The van der Waals surface area contributed by atoms with Crippen LogP contribution in [0.5, 0.6) is 0 Å². The molecule has 2 aromatic heterocycles. The first-order chi connectivity index (χ1) is 27.0. The lowest BCUT2D eigenvalue weighted by molar-refractivity contribution is 0.662. The second kappa shape index (κ2) is 10.8. The standard InChI is InChI=1S/C51H35N4/c1-30-43-40-27-25-38-47(43)45-35(20-12-22-37(45)51(38,2)3)36-21-13-23-41-46(36)44(30)42(55(41)33-17-8-5-9-18-33)28-29-54(40)50-48(32-15-6-4-7-16-32)53-49-34-19-11-10-14-31(34)24-26-39(49)52-50/h4-29H,1-3H3/q+1. The zero-order valence-corrected chi connectivity index (χ0v) is 30.8. The van der Waals surface area contributed by atoms with Gasteiger partial charge in [0.1, 0.15) is 10.9 Å². The molecule has 2 bridgehead atoms. The van der Waals surface area contributed by atoms with Crippen molar-refractivity contribution in [2.24, 2.45) is 0 Å². The predicted molar refractivity (Wildman–Crippen MR) is 229 cm³/mol. The maximum Gasteiger partial charge on any atom is 0.355 e. The van der Waals surface area contributed by atoms with Crippen molar-refractivity contribution < 1.29 is 0 Å². The first-order valence-corrected chi connectivity index (χ1v) is 19.1. The molecule has 258 valence electrons. The molecule has 0 unspecified atom stereocenters. The Morgan fingerprint density at radius 1 is 0.564 bits per heavy atom. The third-order valence-corrected chi connectivity index (χ3v) is 12.4. The van der Waals surface area contributed by atoms with Crippen molar-refractivity contribution in [3.05, 3.63) is 180 Å². The van der Waals surface area contributed by atoms with E-state index in [1.807, 2.05) is 0 Å². The van der Waals surface area contributed by atoms with Gasteiger partial charge in [-0.3, -0.25) is 0 Å². The van der Waals surface area contributed by atoms with Gasteiger partial charge >= 0.3 is 5.82 Å². The topological polar surface area (TPSA) is 33.7 Å². The first kappa shape index (κ1) is 30.5. The van der Waals surface area contributed by atoms with E-state index in [1.54, 1.807) is 0 Å². The Morgan fingerprint density at radius 3 is 2.11 bits per heavy atom. The molecule has 2 aliphatic rings. The van der Waals surface area contributed by atoms with Gasteiger partial charge in [-0.2, -0.15) is 4.58 Å². The van der Waals surface area contributed by atoms with Gasteiger partial charge in [0.15, 0.2) is 5.69 Å². The van der Waals surface area contributed by atoms with Crippen LogP contribution in [0.2, 0.25) is 0 Å². The van der Waals surface area contributed by atoms with E-state index in [1.165, 1.54) is 59.9 Å². The molecule has 1 aliphatic heterocycles. The molecule has 12 rings (SSSR count). The Bertz CT molecular complexity index is 3440. The lowest BCUT2D eigenvalue weighted by Gasteiger charge is -2.22.